The molecule has 0 aliphatic carbocycles. The largest absolute Gasteiger partial charge is 0.418 e. The lowest BCUT2D eigenvalue weighted by Crippen LogP contribution is -2.27. The Morgan fingerprint density at radius 1 is 1.39 bits per heavy atom. The summed E-state index contributed by atoms with van der Waals surface area (Å²) in [6.45, 7) is 0.134. The van der Waals surface area contributed by atoms with Crippen LogP contribution in [0.3, 0.4) is 0 Å². The number of hydrogen-bond donors (Lipinski definition) is 1. The van der Waals surface area contributed by atoms with Gasteiger partial charge in [0, 0.05) is 18.2 Å². The van der Waals surface area contributed by atoms with Crippen LogP contribution in [0, 0.1) is 0 Å². The number of para-hydroxylation sites is 1. The van der Waals surface area contributed by atoms with Gasteiger partial charge in [-0.05, 0) is 12.1 Å². The van der Waals surface area contributed by atoms with Gasteiger partial charge in [-0.2, -0.15) is 25.8 Å². The highest BCUT2D eigenvalue weighted by Gasteiger charge is 2.39. The van der Waals surface area contributed by atoms with Gasteiger partial charge in [-0.1, -0.05) is 17.7 Å². The first-order valence-electron chi connectivity index (χ1n) is 5.15. The Hall–Kier alpha value is -0.880. The van der Waals surface area contributed by atoms with Crippen molar-refractivity contribution in [3.8, 4) is 0 Å². The average molecular weight is 296 g/mol. The summed E-state index contributed by atoms with van der Waals surface area (Å²) in [5, 5.41) is -0.351. The van der Waals surface area contributed by atoms with Gasteiger partial charge in [-0.3, -0.25) is 4.79 Å². The third-order valence-electron chi connectivity index (χ3n) is 2.67. The van der Waals surface area contributed by atoms with Gasteiger partial charge in [0.2, 0.25) is 5.91 Å². The van der Waals surface area contributed by atoms with E-state index < -0.39 is 17.6 Å². The van der Waals surface area contributed by atoms with Crippen molar-refractivity contribution in [2.45, 2.75) is 17.8 Å². The zero-order valence-electron chi connectivity index (χ0n) is 9.04. The number of anilines is 1. The van der Waals surface area contributed by atoms with Crippen molar-refractivity contribution in [2.75, 3.05) is 11.4 Å². The molecule has 7 heteroatoms. The molecule has 1 aromatic carbocycles. The maximum Gasteiger partial charge on any atom is 0.418 e. The third-order valence-corrected chi connectivity index (χ3v) is 3.32. The fraction of sp³-hybridized carbons (Fsp3) is 0.364. The van der Waals surface area contributed by atoms with E-state index in [4.69, 9.17) is 11.6 Å². The monoisotopic (exact) mass is 295 g/mol. The van der Waals surface area contributed by atoms with Gasteiger partial charge in [0.1, 0.15) is 0 Å². The van der Waals surface area contributed by atoms with Gasteiger partial charge in [0.05, 0.1) is 16.3 Å². The summed E-state index contributed by atoms with van der Waals surface area (Å²) in [5.74, 6) is -0.395. The summed E-state index contributed by atoms with van der Waals surface area (Å²) in [7, 11) is 0. The van der Waals surface area contributed by atoms with E-state index in [0.29, 0.717) is 0 Å². The van der Waals surface area contributed by atoms with Crippen molar-refractivity contribution >= 4 is 35.8 Å². The molecule has 1 aromatic rings. The molecule has 0 radical (unpaired) electrons. The second kappa shape index (κ2) is 4.66. The van der Waals surface area contributed by atoms with Gasteiger partial charge in [-0.15, -0.1) is 0 Å². The Labute approximate surface area is 112 Å². The van der Waals surface area contributed by atoms with E-state index in [0.717, 1.165) is 11.0 Å². The third kappa shape index (κ3) is 2.44. The number of hydrogen-bond acceptors (Lipinski definition) is 2. The number of halogens is 4. The Morgan fingerprint density at radius 2 is 2.06 bits per heavy atom. The van der Waals surface area contributed by atoms with E-state index in [-0.39, 0.29) is 28.9 Å². The van der Waals surface area contributed by atoms with Crippen LogP contribution in [0.5, 0.6) is 0 Å². The van der Waals surface area contributed by atoms with E-state index in [9.17, 15) is 18.0 Å². The van der Waals surface area contributed by atoms with Gasteiger partial charge in [0.25, 0.3) is 0 Å². The number of nitrogens with zero attached hydrogens (tertiary/aromatic N) is 1. The molecule has 1 amide bonds. The molecule has 1 saturated heterocycles. The van der Waals surface area contributed by atoms with Crippen LogP contribution in [0.2, 0.25) is 5.02 Å². The first-order chi connectivity index (χ1) is 8.30. The number of amides is 1. The highest BCUT2D eigenvalue weighted by Crippen LogP contribution is 2.42. The molecule has 0 aromatic heterocycles. The average Bonchev–Trinajstić information content (AvgIpc) is 2.56. The summed E-state index contributed by atoms with van der Waals surface area (Å²) >= 11 is 9.93. The van der Waals surface area contributed by atoms with Crippen LogP contribution in [0.25, 0.3) is 0 Å². The first-order valence-corrected chi connectivity index (χ1v) is 6.04. The van der Waals surface area contributed by atoms with Gasteiger partial charge in [-0.25, -0.2) is 0 Å². The standard InChI is InChI=1S/C11H9ClF3NOS/c12-8-3-1-2-7(11(13,14)15)10(8)16-5-6(18)4-9(16)17/h1-3,6,18H,4-5H2. The zero-order chi connectivity index (χ0) is 13.5. The molecule has 0 bridgehead atoms. The zero-order valence-corrected chi connectivity index (χ0v) is 10.7. The smallest absolute Gasteiger partial charge is 0.309 e. The SMILES string of the molecule is O=C1CC(S)CN1c1c(Cl)cccc1C(F)(F)F. The predicted molar refractivity (Wildman–Crippen MR) is 66.2 cm³/mol. The fourth-order valence-corrected chi connectivity index (χ4v) is 2.52. The highest BCUT2D eigenvalue weighted by atomic mass is 35.5. The number of carbonyl (C=O) groups excluding carboxylic acids is 1. The Bertz CT molecular complexity index is 492. The molecular weight excluding hydrogens is 287 g/mol. The van der Waals surface area contributed by atoms with Crippen molar-refractivity contribution in [2.24, 2.45) is 0 Å². The lowest BCUT2D eigenvalue weighted by molar-refractivity contribution is -0.137. The van der Waals surface area contributed by atoms with Crippen molar-refractivity contribution < 1.29 is 18.0 Å². The van der Waals surface area contributed by atoms with Gasteiger partial charge < -0.3 is 4.90 Å². The molecular formula is C11H9ClF3NOS. The molecule has 0 N–H and O–H groups in total. The molecule has 1 fully saturated rings. The Morgan fingerprint density at radius 3 is 2.56 bits per heavy atom. The number of alkyl halides is 3. The quantitative estimate of drug-likeness (QED) is 0.788. The molecule has 0 saturated carbocycles. The molecule has 0 spiro atoms. The normalized spacial score (nSPS) is 20.6. The van der Waals surface area contributed by atoms with E-state index >= 15 is 0 Å². The lowest BCUT2D eigenvalue weighted by Gasteiger charge is -2.22. The van der Waals surface area contributed by atoms with Gasteiger partial charge >= 0.3 is 6.18 Å². The van der Waals surface area contributed by atoms with Crippen LogP contribution in [0.4, 0.5) is 18.9 Å². The maximum absolute atomic E-state index is 12.9. The number of rotatable bonds is 1. The van der Waals surface area contributed by atoms with E-state index in [1.54, 1.807) is 0 Å². The van der Waals surface area contributed by atoms with Gasteiger partial charge in [0.15, 0.2) is 0 Å². The Kier molecular flexibility index (Phi) is 3.51. The van der Waals surface area contributed by atoms with Crippen LogP contribution in [0.1, 0.15) is 12.0 Å². The highest BCUT2D eigenvalue weighted by molar-refractivity contribution is 7.81. The first kappa shape index (κ1) is 13.5. The van der Waals surface area contributed by atoms with E-state index in [1.165, 1.54) is 12.1 Å². The molecule has 98 valence electrons. The minimum atomic E-state index is -4.55. The Balaban J connectivity index is 2.53. The van der Waals surface area contributed by atoms with Crippen LogP contribution in [0.15, 0.2) is 18.2 Å². The van der Waals surface area contributed by atoms with E-state index in [2.05, 4.69) is 12.6 Å². The predicted octanol–water partition coefficient (Wildman–Crippen LogP) is 3.39. The fourth-order valence-electron chi connectivity index (χ4n) is 1.92. The number of benzene rings is 1. The van der Waals surface area contributed by atoms with Crippen LogP contribution < -0.4 is 4.90 Å². The van der Waals surface area contributed by atoms with Crippen molar-refractivity contribution in [3.63, 3.8) is 0 Å². The number of carbonyl (C=O) groups is 1. The minimum Gasteiger partial charge on any atom is -0.309 e. The summed E-state index contributed by atoms with van der Waals surface area (Å²) in [6.07, 6.45) is -4.43. The maximum atomic E-state index is 12.9. The van der Waals surface area contributed by atoms with Crippen molar-refractivity contribution in [1.82, 2.24) is 0 Å². The van der Waals surface area contributed by atoms with Crippen LogP contribution >= 0.6 is 24.2 Å². The lowest BCUT2D eigenvalue weighted by atomic mass is 10.1. The van der Waals surface area contributed by atoms with Crippen molar-refractivity contribution in [1.29, 1.82) is 0 Å². The second-order valence-corrected chi connectivity index (χ2v) is 5.13. The number of thiol groups is 1. The molecule has 2 nitrogen and oxygen atoms in total. The molecule has 2 rings (SSSR count). The topological polar surface area (TPSA) is 20.3 Å². The summed E-state index contributed by atoms with van der Waals surface area (Å²) in [5.41, 5.74) is -1.17. The second-order valence-electron chi connectivity index (χ2n) is 4.00. The molecule has 1 unspecified atom stereocenters. The van der Waals surface area contributed by atoms with Crippen LogP contribution in [-0.2, 0) is 11.0 Å². The molecule has 1 aliphatic rings. The molecule has 18 heavy (non-hydrogen) atoms. The summed E-state index contributed by atoms with van der Waals surface area (Å²) < 4.78 is 38.7. The van der Waals surface area contributed by atoms with Crippen molar-refractivity contribution in [3.05, 3.63) is 28.8 Å². The molecule has 1 heterocycles. The summed E-state index contributed by atoms with van der Waals surface area (Å²) in [4.78, 5) is 12.7. The minimum absolute atomic E-state index is 0.0828. The van der Waals surface area contributed by atoms with E-state index in [1.807, 2.05) is 0 Å². The molecule has 1 atom stereocenters. The van der Waals surface area contributed by atoms with Crippen LogP contribution in [-0.4, -0.2) is 17.7 Å². The summed E-state index contributed by atoms with van der Waals surface area (Å²) in [6, 6.07) is 3.47. The molecule has 1 aliphatic heterocycles.